The molecular weight excluding hydrogens is 320 g/mol. The van der Waals surface area contributed by atoms with Crippen LogP contribution < -0.4 is 20.1 Å². The van der Waals surface area contributed by atoms with E-state index in [0.29, 0.717) is 17.2 Å². The smallest absolute Gasteiger partial charge is 0.243 e. The van der Waals surface area contributed by atoms with Crippen molar-refractivity contribution in [3.8, 4) is 11.5 Å². The summed E-state index contributed by atoms with van der Waals surface area (Å²) in [5.41, 5.74) is 0.636. The number of hydrogen-bond acceptors (Lipinski definition) is 4. The topological polar surface area (TPSA) is 76.7 Å². The zero-order valence-electron chi connectivity index (χ0n) is 14.7. The molecule has 0 aromatic heterocycles. The summed E-state index contributed by atoms with van der Waals surface area (Å²) in [5.74, 6) is 1.11. The first kappa shape index (κ1) is 17.6. The molecule has 6 heteroatoms. The Labute approximate surface area is 148 Å². The number of anilines is 1. The highest BCUT2D eigenvalue weighted by molar-refractivity contribution is 5.95. The second kappa shape index (κ2) is 8.23. The number of ether oxygens (including phenoxy) is 2. The zero-order valence-corrected chi connectivity index (χ0v) is 14.7. The minimum absolute atomic E-state index is 0.0137. The summed E-state index contributed by atoms with van der Waals surface area (Å²) < 4.78 is 11.4. The molecule has 0 heterocycles. The maximum absolute atomic E-state index is 12.1. The van der Waals surface area contributed by atoms with Gasteiger partial charge in [-0.2, -0.15) is 0 Å². The lowest BCUT2D eigenvalue weighted by Crippen LogP contribution is -2.39. The van der Waals surface area contributed by atoms with Gasteiger partial charge in [-0.05, 0) is 50.7 Å². The molecule has 2 amide bonds. The van der Waals surface area contributed by atoms with Crippen LogP contribution in [0, 0.1) is 5.92 Å². The van der Waals surface area contributed by atoms with Gasteiger partial charge in [0.05, 0.1) is 19.8 Å². The highest BCUT2D eigenvalue weighted by Crippen LogP contribution is 2.33. The molecule has 136 valence electrons. The number of rotatable bonds is 7. The van der Waals surface area contributed by atoms with Crippen LogP contribution in [-0.2, 0) is 9.59 Å². The van der Waals surface area contributed by atoms with Crippen molar-refractivity contribution in [2.24, 2.45) is 5.92 Å². The number of hydrogen-bond donors (Lipinski definition) is 2. The molecule has 3 rings (SSSR count). The van der Waals surface area contributed by atoms with Gasteiger partial charge in [-0.1, -0.05) is 6.42 Å². The van der Waals surface area contributed by atoms with Gasteiger partial charge in [-0.15, -0.1) is 0 Å². The number of carbonyl (C=O) groups is 2. The van der Waals surface area contributed by atoms with E-state index >= 15 is 0 Å². The van der Waals surface area contributed by atoms with Crippen LogP contribution in [0.5, 0.6) is 11.5 Å². The fourth-order valence-electron chi connectivity index (χ4n) is 3.22. The molecule has 2 aliphatic carbocycles. The second-order valence-electron chi connectivity index (χ2n) is 6.78. The number of amides is 2. The minimum atomic E-state index is -0.246. The molecule has 2 saturated carbocycles. The average Bonchev–Trinajstić information content (AvgIpc) is 3.05. The summed E-state index contributed by atoms with van der Waals surface area (Å²) in [4.78, 5) is 23.8. The summed E-state index contributed by atoms with van der Waals surface area (Å²) in [6.45, 7) is -0.0137. The predicted octanol–water partition coefficient (Wildman–Crippen LogP) is 2.87. The van der Waals surface area contributed by atoms with Crippen LogP contribution >= 0.6 is 0 Å². The third-order valence-electron chi connectivity index (χ3n) is 4.94. The van der Waals surface area contributed by atoms with Gasteiger partial charge >= 0.3 is 0 Å². The Morgan fingerprint density at radius 3 is 2.48 bits per heavy atom. The summed E-state index contributed by atoms with van der Waals surface area (Å²) in [6, 6.07) is 5.33. The summed E-state index contributed by atoms with van der Waals surface area (Å²) in [7, 11) is 1.60. The standard InChI is InChI=1S/C19H26N2O4/c1-24-16-10-9-14(11-17(16)25-15-7-2-3-8-15)21-18(22)12-20-19(23)13-5-4-6-13/h9-11,13,15H,2-8,12H2,1H3,(H,20,23)(H,21,22). The quantitative estimate of drug-likeness (QED) is 0.796. The first-order chi connectivity index (χ1) is 12.2. The van der Waals surface area contributed by atoms with Crippen LogP contribution in [0.15, 0.2) is 18.2 Å². The first-order valence-corrected chi connectivity index (χ1v) is 9.08. The van der Waals surface area contributed by atoms with Crippen molar-refractivity contribution in [3.05, 3.63) is 18.2 Å². The lowest BCUT2D eigenvalue weighted by Gasteiger charge is -2.23. The molecule has 0 aliphatic heterocycles. The highest BCUT2D eigenvalue weighted by atomic mass is 16.5. The number of carbonyl (C=O) groups excluding carboxylic acids is 2. The van der Waals surface area contributed by atoms with Gasteiger partial charge in [-0.25, -0.2) is 0 Å². The van der Waals surface area contributed by atoms with E-state index in [-0.39, 0.29) is 30.4 Å². The first-order valence-electron chi connectivity index (χ1n) is 9.08. The van der Waals surface area contributed by atoms with Crippen molar-refractivity contribution in [1.82, 2.24) is 5.32 Å². The highest BCUT2D eigenvalue weighted by Gasteiger charge is 2.25. The van der Waals surface area contributed by atoms with Crippen LogP contribution in [0.4, 0.5) is 5.69 Å². The predicted molar refractivity (Wildman–Crippen MR) is 94.9 cm³/mol. The number of benzene rings is 1. The molecule has 2 aliphatic rings. The summed E-state index contributed by atoms with van der Waals surface area (Å²) >= 11 is 0. The summed E-state index contributed by atoms with van der Waals surface area (Å²) in [6.07, 6.45) is 7.62. The minimum Gasteiger partial charge on any atom is -0.493 e. The molecule has 0 bridgehead atoms. The van der Waals surface area contributed by atoms with Crippen LogP contribution in [-0.4, -0.2) is 31.6 Å². The Kier molecular flexibility index (Phi) is 5.79. The van der Waals surface area contributed by atoms with Crippen LogP contribution in [0.1, 0.15) is 44.9 Å². The molecule has 0 radical (unpaired) electrons. The van der Waals surface area contributed by atoms with Crippen LogP contribution in [0.2, 0.25) is 0 Å². The van der Waals surface area contributed by atoms with Crippen LogP contribution in [0.25, 0.3) is 0 Å². The molecule has 0 unspecified atom stereocenters. The lowest BCUT2D eigenvalue weighted by atomic mass is 9.85. The molecule has 0 atom stereocenters. The summed E-state index contributed by atoms with van der Waals surface area (Å²) in [5, 5.41) is 5.49. The van der Waals surface area contributed by atoms with E-state index in [1.54, 1.807) is 25.3 Å². The molecule has 0 saturated heterocycles. The van der Waals surface area contributed by atoms with E-state index in [1.165, 1.54) is 12.8 Å². The average molecular weight is 346 g/mol. The Hall–Kier alpha value is -2.24. The zero-order chi connectivity index (χ0) is 17.6. The van der Waals surface area contributed by atoms with Crippen molar-refractivity contribution in [2.75, 3.05) is 19.0 Å². The van der Waals surface area contributed by atoms with Gasteiger partial charge in [0.2, 0.25) is 11.8 Å². The van der Waals surface area contributed by atoms with Gasteiger partial charge in [-0.3, -0.25) is 9.59 Å². The molecule has 1 aromatic carbocycles. The molecule has 0 spiro atoms. The maximum atomic E-state index is 12.1. The van der Waals surface area contributed by atoms with E-state index in [9.17, 15) is 9.59 Å². The van der Waals surface area contributed by atoms with Crippen molar-refractivity contribution in [2.45, 2.75) is 51.0 Å². The SMILES string of the molecule is COc1ccc(NC(=O)CNC(=O)C2CCC2)cc1OC1CCCC1. The van der Waals surface area contributed by atoms with Crippen molar-refractivity contribution >= 4 is 17.5 Å². The Bertz CT molecular complexity index is 622. The Morgan fingerprint density at radius 2 is 1.84 bits per heavy atom. The Balaban J connectivity index is 1.55. The molecular formula is C19H26N2O4. The third-order valence-corrected chi connectivity index (χ3v) is 4.94. The normalized spacial score (nSPS) is 17.6. The molecule has 6 nitrogen and oxygen atoms in total. The number of methoxy groups -OCH3 is 1. The second-order valence-corrected chi connectivity index (χ2v) is 6.78. The third kappa shape index (κ3) is 4.65. The molecule has 2 N–H and O–H groups in total. The lowest BCUT2D eigenvalue weighted by molar-refractivity contribution is -0.129. The van der Waals surface area contributed by atoms with Gasteiger partial charge in [0.25, 0.3) is 0 Å². The van der Waals surface area contributed by atoms with Crippen molar-refractivity contribution < 1.29 is 19.1 Å². The van der Waals surface area contributed by atoms with Crippen molar-refractivity contribution in [1.29, 1.82) is 0 Å². The maximum Gasteiger partial charge on any atom is 0.243 e. The fraction of sp³-hybridized carbons (Fsp3) is 0.579. The van der Waals surface area contributed by atoms with Gasteiger partial charge in [0, 0.05) is 17.7 Å². The largest absolute Gasteiger partial charge is 0.493 e. The molecule has 25 heavy (non-hydrogen) atoms. The fourth-order valence-corrected chi connectivity index (χ4v) is 3.22. The van der Waals surface area contributed by atoms with E-state index in [4.69, 9.17) is 9.47 Å². The molecule has 2 fully saturated rings. The van der Waals surface area contributed by atoms with E-state index in [1.807, 2.05) is 0 Å². The van der Waals surface area contributed by atoms with Gasteiger partial charge < -0.3 is 20.1 Å². The number of nitrogens with one attached hydrogen (secondary N) is 2. The monoisotopic (exact) mass is 346 g/mol. The van der Waals surface area contributed by atoms with Gasteiger partial charge in [0.1, 0.15) is 0 Å². The van der Waals surface area contributed by atoms with Gasteiger partial charge in [0.15, 0.2) is 11.5 Å². The van der Waals surface area contributed by atoms with E-state index in [2.05, 4.69) is 10.6 Å². The Morgan fingerprint density at radius 1 is 1.08 bits per heavy atom. The van der Waals surface area contributed by atoms with E-state index < -0.39 is 0 Å². The van der Waals surface area contributed by atoms with Crippen molar-refractivity contribution in [3.63, 3.8) is 0 Å². The van der Waals surface area contributed by atoms with E-state index in [0.717, 1.165) is 32.1 Å². The van der Waals surface area contributed by atoms with Crippen LogP contribution in [0.3, 0.4) is 0 Å². The molecule has 1 aromatic rings.